The summed E-state index contributed by atoms with van der Waals surface area (Å²) in [5, 5.41) is 12.0. The van der Waals surface area contributed by atoms with Gasteiger partial charge in [0, 0.05) is 6.54 Å². The minimum atomic E-state index is -0.706. The van der Waals surface area contributed by atoms with E-state index in [9.17, 15) is 4.79 Å². The molecule has 0 fully saturated rings. The Morgan fingerprint density at radius 2 is 2.06 bits per heavy atom. The molecule has 0 saturated carbocycles. The first-order valence-electron chi connectivity index (χ1n) is 5.67. The van der Waals surface area contributed by atoms with Crippen LogP contribution >= 0.6 is 0 Å². The molecule has 1 aromatic rings. The summed E-state index contributed by atoms with van der Waals surface area (Å²) >= 11 is 0. The van der Waals surface area contributed by atoms with Gasteiger partial charge < -0.3 is 10.4 Å². The van der Waals surface area contributed by atoms with Gasteiger partial charge in [-0.15, -0.1) is 0 Å². The van der Waals surface area contributed by atoms with Crippen LogP contribution in [0.2, 0.25) is 0 Å². The van der Waals surface area contributed by atoms with Gasteiger partial charge in [-0.3, -0.25) is 4.79 Å². The van der Waals surface area contributed by atoms with Gasteiger partial charge in [0.1, 0.15) is 0 Å². The number of carboxylic acid groups (broad SMARTS) is 1. The quantitative estimate of drug-likeness (QED) is 0.694. The predicted molar refractivity (Wildman–Crippen MR) is 64.2 cm³/mol. The van der Waals surface area contributed by atoms with Gasteiger partial charge in [-0.1, -0.05) is 37.3 Å². The number of benzene rings is 1. The molecule has 0 bridgehead atoms. The minimum Gasteiger partial charge on any atom is -0.481 e. The van der Waals surface area contributed by atoms with Crippen molar-refractivity contribution in [3.05, 3.63) is 35.9 Å². The van der Waals surface area contributed by atoms with Gasteiger partial charge in [0.15, 0.2) is 0 Å². The van der Waals surface area contributed by atoms with Gasteiger partial charge in [-0.05, 0) is 24.9 Å². The lowest BCUT2D eigenvalue weighted by molar-refractivity contribution is -0.141. The number of carbonyl (C=O) groups is 1. The summed E-state index contributed by atoms with van der Waals surface area (Å²) < 4.78 is 0. The molecule has 1 atom stereocenters. The van der Waals surface area contributed by atoms with Crippen LogP contribution in [-0.2, 0) is 11.3 Å². The standard InChI is InChI=1S/C13H19NO2/c1-11(13(15)16)6-5-9-14-10-12-7-3-2-4-8-12/h2-4,7-8,11,14H,5-6,9-10H2,1H3,(H,15,16)/t11-/m0/s1. The van der Waals surface area contributed by atoms with E-state index in [1.54, 1.807) is 6.92 Å². The maximum atomic E-state index is 10.6. The second-order valence-electron chi connectivity index (χ2n) is 4.04. The molecular formula is C13H19NO2. The lowest BCUT2D eigenvalue weighted by atomic mass is 10.1. The molecule has 0 aliphatic heterocycles. The molecule has 2 N–H and O–H groups in total. The molecule has 0 radical (unpaired) electrons. The predicted octanol–water partition coefficient (Wildman–Crippen LogP) is 2.28. The zero-order valence-electron chi connectivity index (χ0n) is 9.65. The minimum absolute atomic E-state index is 0.237. The van der Waals surface area contributed by atoms with Gasteiger partial charge in [-0.25, -0.2) is 0 Å². The summed E-state index contributed by atoms with van der Waals surface area (Å²) in [7, 11) is 0. The summed E-state index contributed by atoms with van der Waals surface area (Å²) in [5.74, 6) is -0.943. The highest BCUT2D eigenvalue weighted by Gasteiger charge is 2.09. The van der Waals surface area contributed by atoms with Crippen LogP contribution in [0.25, 0.3) is 0 Å². The topological polar surface area (TPSA) is 49.3 Å². The second kappa shape index (κ2) is 7.01. The van der Waals surface area contributed by atoms with Crippen LogP contribution in [0.3, 0.4) is 0 Å². The van der Waals surface area contributed by atoms with E-state index in [0.717, 1.165) is 25.9 Å². The molecule has 88 valence electrons. The van der Waals surface area contributed by atoms with Crippen LogP contribution < -0.4 is 5.32 Å². The second-order valence-corrected chi connectivity index (χ2v) is 4.04. The number of aliphatic carboxylic acids is 1. The van der Waals surface area contributed by atoms with Crippen LogP contribution in [-0.4, -0.2) is 17.6 Å². The lowest BCUT2D eigenvalue weighted by Gasteiger charge is -2.07. The van der Waals surface area contributed by atoms with Crippen molar-refractivity contribution in [1.82, 2.24) is 5.32 Å². The Bertz CT molecular complexity index is 311. The van der Waals surface area contributed by atoms with Gasteiger partial charge in [0.25, 0.3) is 0 Å². The van der Waals surface area contributed by atoms with Crippen LogP contribution in [0.15, 0.2) is 30.3 Å². The highest BCUT2D eigenvalue weighted by atomic mass is 16.4. The molecule has 0 saturated heterocycles. The first kappa shape index (κ1) is 12.7. The van der Waals surface area contributed by atoms with E-state index < -0.39 is 5.97 Å². The highest BCUT2D eigenvalue weighted by Crippen LogP contribution is 2.04. The van der Waals surface area contributed by atoms with Crippen molar-refractivity contribution in [2.24, 2.45) is 5.92 Å². The average Bonchev–Trinajstić information content (AvgIpc) is 2.29. The summed E-state index contributed by atoms with van der Waals surface area (Å²) in [4.78, 5) is 10.6. The molecular weight excluding hydrogens is 202 g/mol. The number of hydrogen-bond donors (Lipinski definition) is 2. The van der Waals surface area contributed by atoms with Crippen LogP contribution in [0, 0.1) is 5.92 Å². The Hall–Kier alpha value is -1.35. The summed E-state index contributed by atoms with van der Waals surface area (Å²) in [6, 6.07) is 10.2. The normalized spacial score (nSPS) is 12.3. The Labute approximate surface area is 96.5 Å². The summed E-state index contributed by atoms with van der Waals surface area (Å²) in [6.45, 7) is 3.47. The molecule has 0 heterocycles. The SMILES string of the molecule is C[C@@H](CCCNCc1ccccc1)C(=O)O. The monoisotopic (exact) mass is 221 g/mol. The van der Waals surface area contributed by atoms with Crippen molar-refractivity contribution < 1.29 is 9.90 Å². The molecule has 0 amide bonds. The molecule has 1 rings (SSSR count). The van der Waals surface area contributed by atoms with Crippen molar-refractivity contribution in [2.75, 3.05) is 6.54 Å². The van der Waals surface area contributed by atoms with Crippen molar-refractivity contribution in [1.29, 1.82) is 0 Å². The fraction of sp³-hybridized carbons (Fsp3) is 0.462. The molecule has 0 unspecified atom stereocenters. The van der Waals surface area contributed by atoms with E-state index in [2.05, 4.69) is 17.4 Å². The van der Waals surface area contributed by atoms with E-state index in [1.807, 2.05) is 18.2 Å². The molecule has 3 nitrogen and oxygen atoms in total. The van der Waals surface area contributed by atoms with E-state index in [1.165, 1.54) is 5.56 Å². The van der Waals surface area contributed by atoms with Gasteiger partial charge in [-0.2, -0.15) is 0 Å². The van der Waals surface area contributed by atoms with E-state index in [0.29, 0.717) is 0 Å². The fourth-order valence-corrected chi connectivity index (χ4v) is 1.49. The smallest absolute Gasteiger partial charge is 0.306 e. The Kier molecular flexibility index (Phi) is 5.57. The maximum Gasteiger partial charge on any atom is 0.306 e. The van der Waals surface area contributed by atoms with Crippen LogP contribution in [0.5, 0.6) is 0 Å². The summed E-state index contributed by atoms with van der Waals surface area (Å²) in [6.07, 6.45) is 1.64. The molecule has 0 aromatic heterocycles. The molecule has 3 heteroatoms. The third-order valence-corrected chi connectivity index (χ3v) is 2.58. The number of nitrogens with one attached hydrogen (secondary N) is 1. The molecule has 1 aromatic carbocycles. The van der Waals surface area contributed by atoms with Gasteiger partial charge in [0.2, 0.25) is 0 Å². The third-order valence-electron chi connectivity index (χ3n) is 2.58. The average molecular weight is 221 g/mol. The lowest BCUT2D eigenvalue weighted by Crippen LogP contribution is -2.17. The van der Waals surface area contributed by atoms with Gasteiger partial charge >= 0.3 is 5.97 Å². The fourth-order valence-electron chi connectivity index (χ4n) is 1.49. The van der Waals surface area contributed by atoms with E-state index >= 15 is 0 Å². The van der Waals surface area contributed by atoms with Crippen molar-refractivity contribution >= 4 is 5.97 Å². The number of carboxylic acids is 1. The van der Waals surface area contributed by atoms with Crippen molar-refractivity contribution in [2.45, 2.75) is 26.3 Å². The Morgan fingerprint density at radius 3 is 2.69 bits per heavy atom. The molecule has 0 aliphatic carbocycles. The van der Waals surface area contributed by atoms with Crippen molar-refractivity contribution in [3.8, 4) is 0 Å². The first-order chi connectivity index (χ1) is 7.70. The first-order valence-corrected chi connectivity index (χ1v) is 5.67. The maximum absolute atomic E-state index is 10.6. The highest BCUT2D eigenvalue weighted by molar-refractivity contribution is 5.69. The van der Waals surface area contributed by atoms with E-state index in [-0.39, 0.29) is 5.92 Å². The molecule has 0 aliphatic rings. The zero-order valence-corrected chi connectivity index (χ0v) is 9.65. The van der Waals surface area contributed by atoms with Crippen molar-refractivity contribution in [3.63, 3.8) is 0 Å². The Balaban J connectivity index is 2.07. The van der Waals surface area contributed by atoms with Crippen LogP contribution in [0.1, 0.15) is 25.3 Å². The largest absolute Gasteiger partial charge is 0.481 e. The summed E-state index contributed by atoms with van der Waals surface area (Å²) in [5.41, 5.74) is 1.26. The molecule has 0 spiro atoms. The number of rotatable bonds is 7. The van der Waals surface area contributed by atoms with Gasteiger partial charge in [0.05, 0.1) is 5.92 Å². The molecule has 16 heavy (non-hydrogen) atoms. The zero-order chi connectivity index (χ0) is 11.8. The number of hydrogen-bond acceptors (Lipinski definition) is 2. The Morgan fingerprint density at radius 1 is 1.38 bits per heavy atom. The van der Waals surface area contributed by atoms with E-state index in [4.69, 9.17) is 5.11 Å². The third kappa shape index (κ3) is 4.94. The van der Waals surface area contributed by atoms with Crippen LogP contribution in [0.4, 0.5) is 0 Å².